The summed E-state index contributed by atoms with van der Waals surface area (Å²) >= 11 is 1.16. The third kappa shape index (κ3) is 3.77. The third-order valence-corrected chi connectivity index (χ3v) is 6.83. The number of hydrogen-bond acceptors (Lipinski definition) is 4. The number of carbonyl (C=O) groups is 1. The zero-order valence-corrected chi connectivity index (χ0v) is 15.0. The van der Waals surface area contributed by atoms with E-state index < -0.39 is 10.0 Å². The van der Waals surface area contributed by atoms with Crippen molar-refractivity contribution in [2.45, 2.75) is 4.21 Å². The molecule has 0 aliphatic carbocycles. The Morgan fingerprint density at radius 1 is 1.17 bits per heavy atom. The van der Waals surface area contributed by atoms with Crippen molar-refractivity contribution in [3.05, 3.63) is 47.3 Å². The summed E-state index contributed by atoms with van der Waals surface area (Å²) in [6.07, 6.45) is 0. The van der Waals surface area contributed by atoms with Gasteiger partial charge in [0.15, 0.2) is 0 Å². The molecule has 0 atom stereocenters. The fourth-order valence-electron chi connectivity index (χ4n) is 2.58. The summed E-state index contributed by atoms with van der Waals surface area (Å²) < 4.78 is 27.2. The first-order valence-electron chi connectivity index (χ1n) is 7.73. The van der Waals surface area contributed by atoms with Crippen LogP contribution in [0.4, 0.5) is 5.69 Å². The highest BCUT2D eigenvalue weighted by Crippen LogP contribution is 2.20. The fraction of sp³-hybridized carbons (Fsp3) is 0.312. The molecule has 6 nitrogen and oxygen atoms in total. The van der Waals surface area contributed by atoms with E-state index in [9.17, 15) is 13.2 Å². The molecular formula is C16H20N3O3S2+. The molecule has 1 fully saturated rings. The van der Waals surface area contributed by atoms with Gasteiger partial charge in [-0.2, -0.15) is 0 Å². The summed E-state index contributed by atoms with van der Waals surface area (Å²) in [6.45, 7) is 3.39. The molecule has 2 heterocycles. The molecule has 0 radical (unpaired) electrons. The number of hydrogen-bond donors (Lipinski definition) is 2. The van der Waals surface area contributed by atoms with Crippen LogP contribution in [0.15, 0.2) is 46.0 Å². The summed E-state index contributed by atoms with van der Waals surface area (Å²) in [5.74, 6) is -0.00448. The van der Waals surface area contributed by atoms with Crippen LogP contribution in [0.25, 0.3) is 0 Å². The number of rotatable bonds is 4. The van der Waals surface area contributed by atoms with Crippen LogP contribution in [0.2, 0.25) is 0 Å². The highest BCUT2D eigenvalue weighted by Gasteiger charge is 2.22. The Hall–Kier alpha value is -1.90. The van der Waals surface area contributed by atoms with E-state index in [1.54, 1.807) is 41.8 Å². The van der Waals surface area contributed by atoms with Crippen molar-refractivity contribution in [3.8, 4) is 0 Å². The number of quaternary nitrogens is 1. The van der Waals surface area contributed by atoms with E-state index in [4.69, 9.17) is 0 Å². The van der Waals surface area contributed by atoms with E-state index >= 15 is 0 Å². The van der Waals surface area contributed by atoms with Gasteiger partial charge in [0.05, 0.1) is 33.2 Å². The molecular weight excluding hydrogens is 346 g/mol. The Kier molecular flexibility index (Phi) is 4.88. The lowest BCUT2D eigenvalue weighted by Gasteiger charge is -2.30. The average molecular weight is 366 g/mol. The van der Waals surface area contributed by atoms with Crippen molar-refractivity contribution in [3.63, 3.8) is 0 Å². The molecule has 3 rings (SSSR count). The number of carbonyl (C=O) groups excluding carboxylic acids is 1. The summed E-state index contributed by atoms with van der Waals surface area (Å²) in [6, 6.07) is 9.83. The Bertz CT molecular complexity index is 794. The fourth-order valence-corrected chi connectivity index (χ4v) is 4.63. The summed E-state index contributed by atoms with van der Waals surface area (Å²) in [5, 5.41) is 1.72. The largest absolute Gasteiger partial charge is 0.334 e. The predicted molar refractivity (Wildman–Crippen MR) is 94.1 cm³/mol. The van der Waals surface area contributed by atoms with Crippen LogP contribution in [0.1, 0.15) is 10.4 Å². The maximum atomic E-state index is 12.5. The quantitative estimate of drug-likeness (QED) is 0.829. The van der Waals surface area contributed by atoms with Crippen LogP contribution in [-0.2, 0) is 10.0 Å². The highest BCUT2D eigenvalue weighted by molar-refractivity contribution is 7.94. The first-order chi connectivity index (χ1) is 11.5. The van der Waals surface area contributed by atoms with Crippen molar-refractivity contribution >= 4 is 33.0 Å². The number of anilines is 1. The van der Waals surface area contributed by atoms with Crippen molar-refractivity contribution < 1.29 is 18.1 Å². The van der Waals surface area contributed by atoms with Gasteiger partial charge in [-0.05, 0) is 35.7 Å². The standard InChI is InChI=1S/C16H19N3O3S2/c1-18-8-10-19(11-9-18)16(20)13-4-6-14(7-5-13)17-24(21,22)15-3-2-12-23-15/h2-7,12,17H,8-11H2,1H3/p+1. The lowest BCUT2D eigenvalue weighted by molar-refractivity contribution is -0.883. The van der Waals surface area contributed by atoms with Gasteiger partial charge in [-0.3, -0.25) is 9.52 Å². The maximum Gasteiger partial charge on any atom is 0.271 e. The monoisotopic (exact) mass is 366 g/mol. The van der Waals surface area contributed by atoms with Crippen LogP contribution in [0, 0.1) is 0 Å². The Balaban J connectivity index is 1.68. The molecule has 24 heavy (non-hydrogen) atoms. The second-order valence-corrected chi connectivity index (χ2v) is 8.72. The number of piperazine rings is 1. The minimum Gasteiger partial charge on any atom is -0.334 e. The Morgan fingerprint density at radius 3 is 2.42 bits per heavy atom. The third-order valence-electron chi connectivity index (χ3n) is 4.05. The molecule has 128 valence electrons. The molecule has 1 aliphatic heterocycles. The summed E-state index contributed by atoms with van der Waals surface area (Å²) in [4.78, 5) is 15.7. The zero-order valence-electron chi connectivity index (χ0n) is 13.4. The molecule has 1 saturated heterocycles. The number of likely N-dealkylation sites (N-methyl/N-ethyl adjacent to an activating group) is 1. The van der Waals surface area contributed by atoms with Gasteiger partial charge >= 0.3 is 0 Å². The van der Waals surface area contributed by atoms with Crippen LogP contribution in [-0.4, -0.2) is 52.5 Å². The molecule has 0 spiro atoms. The minimum absolute atomic E-state index is 0.00448. The van der Waals surface area contributed by atoms with Gasteiger partial charge < -0.3 is 9.80 Å². The number of thiophene rings is 1. The van der Waals surface area contributed by atoms with Gasteiger partial charge in [0, 0.05) is 11.3 Å². The van der Waals surface area contributed by atoms with Crippen LogP contribution in [0.5, 0.6) is 0 Å². The molecule has 2 aromatic rings. The second kappa shape index (κ2) is 6.92. The van der Waals surface area contributed by atoms with E-state index in [-0.39, 0.29) is 10.1 Å². The van der Waals surface area contributed by atoms with Crippen molar-refractivity contribution in [1.82, 2.24) is 4.90 Å². The smallest absolute Gasteiger partial charge is 0.271 e. The molecule has 8 heteroatoms. The van der Waals surface area contributed by atoms with E-state index in [0.717, 1.165) is 37.5 Å². The van der Waals surface area contributed by atoms with E-state index in [1.165, 1.54) is 4.90 Å². The predicted octanol–water partition coefficient (Wildman–Crippen LogP) is 0.519. The minimum atomic E-state index is -3.56. The number of nitrogens with zero attached hydrogens (tertiary/aromatic N) is 1. The van der Waals surface area contributed by atoms with Gasteiger partial charge in [-0.25, -0.2) is 8.42 Å². The van der Waals surface area contributed by atoms with E-state index in [2.05, 4.69) is 11.8 Å². The molecule has 0 saturated carbocycles. The number of sulfonamides is 1. The molecule has 1 amide bonds. The van der Waals surface area contributed by atoms with E-state index in [1.807, 2.05) is 4.90 Å². The number of nitrogens with one attached hydrogen (secondary N) is 2. The second-order valence-electron chi connectivity index (χ2n) is 5.86. The molecule has 2 N–H and O–H groups in total. The van der Waals surface area contributed by atoms with Crippen molar-refractivity contribution in [2.24, 2.45) is 0 Å². The van der Waals surface area contributed by atoms with Crippen LogP contribution >= 0.6 is 11.3 Å². The first kappa shape index (κ1) is 16.9. The van der Waals surface area contributed by atoms with Crippen LogP contribution < -0.4 is 9.62 Å². The maximum absolute atomic E-state index is 12.5. The van der Waals surface area contributed by atoms with Gasteiger partial charge in [0.1, 0.15) is 4.21 Å². The summed E-state index contributed by atoms with van der Waals surface area (Å²) in [7, 11) is -1.44. The number of benzene rings is 1. The van der Waals surface area contributed by atoms with Crippen molar-refractivity contribution in [1.29, 1.82) is 0 Å². The van der Waals surface area contributed by atoms with Gasteiger partial charge in [0.25, 0.3) is 15.9 Å². The van der Waals surface area contributed by atoms with Crippen molar-refractivity contribution in [2.75, 3.05) is 37.9 Å². The van der Waals surface area contributed by atoms with Gasteiger partial charge in [-0.1, -0.05) is 6.07 Å². The lowest BCUT2D eigenvalue weighted by Crippen LogP contribution is -3.12. The zero-order chi connectivity index (χ0) is 17.2. The molecule has 0 unspecified atom stereocenters. The average Bonchev–Trinajstić information content (AvgIpc) is 3.11. The highest BCUT2D eigenvalue weighted by atomic mass is 32.2. The van der Waals surface area contributed by atoms with E-state index in [0.29, 0.717) is 11.3 Å². The normalized spacial score (nSPS) is 16.1. The SMILES string of the molecule is C[NH+]1CCN(C(=O)c2ccc(NS(=O)(=O)c3cccs3)cc2)CC1. The molecule has 1 aromatic heterocycles. The molecule has 0 bridgehead atoms. The Morgan fingerprint density at radius 2 is 1.83 bits per heavy atom. The lowest BCUT2D eigenvalue weighted by atomic mass is 10.1. The molecule has 1 aliphatic rings. The molecule has 1 aromatic carbocycles. The van der Waals surface area contributed by atoms with Gasteiger partial charge in [-0.15, -0.1) is 11.3 Å². The van der Waals surface area contributed by atoms with Crippen LogP contribution in [0.3, 0.4) is 0 Å². The number of amides is 1. The summed E-state index contributed by atoms with van der Waals surface area (Å²) in [5.41, 5.74) is 1.02. The topological polar surface area (TPSA) is 70.9 Å². The van der Waals surface area contributed by atoms with Gasteiger partial charge in [0.2, 0.25) is 0 Å². The first-order valence-corrected chi connectivity index (χ1v) is 10.1. The Labute approximate surface area is 145 Å².